The van der Waals surface area contributed by atoms with E-state index in [1.54, 1.807) is 21.3 Å². The second-order valence-corrected chi connectivity index (χ2v) is 7.49. The molecule has 0 radical (unpaired) electrons. The van der Waals surface area contributed by atoms with E-state index in [4.69, 9.17) is 28.4 Å². The van der Waals surface area contributed by atoms with Crippen molar-refractivity contribution in [2.45, 2.75) is 25.2 Å². The lowest BCUT2D eigenvalue weighted by molar-refractivity contribution is -0.00482. The molecule has 5 rings (SSSR count). The predicted molar refractivity (Wildman–Crippen MR) is 105 cm³/mol. The normalized spacial score (nSPS) is 22.2. The van der Waals surface area contributed by atoms with Gasteiger partial charge < -0.3 is 28.4 Å². The number of likely N-dealkylation sites (N-methyl/N-ethyl adjacent to an activating group) is 1. The Morgan fingerprint density at radius 3 is 2.62 bits per heavy atom. The maximum Gasteiger partial charge on any atom is 0.231 e. The van der Waals surface area contributed by atoms with Crippen molar-refractivity contribution in [3.05, 3.63) is 40.5 Å². The molecule has 0 fully saturated rings. The molecule has 0 saturated heterocycles. The van der Waals surface area contributed by atoms with Gasteiger partial charge in [0.1, 0.15) is 6.10 Å². The number of fused-ring (bicyclic) bond motifs is 3. The van der Waals surface area contributed by atoms with Crippen LogP contribution in [0, 0.1) is 0 Å². The molecule has 3 aliphatic heterocycles. The summed E-state index contributed by atoms with van der Waals surface area (Å²) in [5, 5.41) is 0. The first-order valence-electron chi connectivity index (χ1n) is 9.72. The predicted octanol–water partition coefficient (Wildman–Crippen LogP) is 3.24. The molecular weight excluding hydrogens is 374 g/mol. The van der Waals surface area contributed by atoms with Gasteiger partial charge in [-0.15, -0.1) is 0 Å². The lowest BCUT2D eigenvalue weighted by Gasteiger charge is -2.39. The summed E-state index contributed by atoms with van der Waals surface area (Å²) in [5.74, 6) is 3.63. The van der Waals surface area contributed by atoms with Gasteiger partial charge in [0, 0.05) is 17.7 Å². The van der Waals surface area contributed by atoms with Gasteiger partial charge in [-0.3, -0.25) is 4.90 Å². The highest BCUT2D eigenvalue weighted by Crippen LogP contribution is 2.55. The maximum atomic E-state index is 6.35. The van der Waals surface area contributed by atoms with E-state index in [0.717, 1.165) is 46.9 Å². The first kappa shape index (κ1) is 18.4. The fraction of sp³-hybridized carbons (Fsp3) is 0.455. The molecule has 0 aliphatic carbocycles. The van der Waals surface area contributed by atoms with Gasteiger partial charge in [-0.2, -0.15) is 0 Å². The lowest BCUT2D eigenvalue weighted by Crippen LogP contribution is -2.36. The van der Waals surface area contributed by atoms with Crippen molar-refractivity contribution >= 4 is 0 Å². The summed E-state index contributed by atoms with van der Waals surface area (Å²) < 4.78 is 34.6. The van der Waals surface area contributed by atoms with Gasteiger partial charge in [0.05, 0.1) is 34.0 Å². The summed E-state index contributed by atoms with van der Waals surface area (Å²) in [5.41, 5.74) is 4.48. The van der Waals surface area contributed by atoms with Crippen LogP contribution in [0.5, 0.6) is 28.7 Å². The number of methoxy groups -OCH3 is 3. The van der Waals surface area contributed by atoms with Gasteiger partial charge in [0.15, 0.2) is 23.0 Å². The molecule has 0 bridgehead atoms. The van der Waals surface area contributed by atoms with Crippen molar-refractivity contribution in [1.82, 2.24) is 4.90 Å². The Morgan fingerprint density at radius 1 is 1.03 bits per heavy atom. The number of hydrogen-bond donors (Lipinski definition) is 0. The van der Waals surface area contributed by atoms with Crippen molar-refractivity contribution in [3.63, 3.8) is 0 Å². The van der Waals surface area contributed by atoms with Crippen molar-refractivity contribution < 1.29 is 28.4 Å². The highest BCUT2D eigenvalue weighted by Gasteiger charge is 2.42. The van der Waals surface area contributed by atoms with Crippen LogP contribution in [0.1, 0.15) is 34.4 Å². The van der Waals surface area contributed by atoms with E-state index in [2.05, 4.69) is 24.1 Å². The summed E-state index contributed by atoms with van der Waals surface area (Å²) in [6, 6.07) is 6.10. The standard InChI is InChI=1S/C22H25NO6/c1-23-8-7-12-9-16-21(29-11-28-16)22(26-4)17(12)18(23)20-13-5-6-15(24-2)19(25-3)14(13)10-27-20/h5-6,9,18,20H,7-8,10-11H2,1-4H3/t18-,20+/m1/s1. The van der Waals surface area contributed by atoms with E-state index in [1.165, 1.54) is 5.56 Å². The van der Waals surface area contributed by atoms with E-state index in [-0.39, 0.29) is 18.9 Å². The Balaban J connectivity index is 1.65. The van der Waals surface area contributed by atoms with Gasteiger partial charge in [0.2, 0.25) is 12.5 Å². The minimum absolute atomic E-state index is 0.0115. The number of nitrogens with zero attached hydrogens (tertiary/aromatic N) is 1. The third-order valence-electron chi connectivity index (χ3n) is 6.14. The highest BCUT2D eigenvalue weighted by molar-refractivity contribution is 5.63. The van der Waals surface area contributed by atoms with E-state index in [0.29, 0.717) is 18.1 Å². The van der Waals surface area contributed by atoms with Crippen LogP contribution in [-0.2, 0) is 17.8 Å². The van der Waals surface area contributed by atoms with Crippen molar-refractivity contribution in [1.29, 1.82) is 0 Å². The molecule has 2 atom stereocenters. The topological polar surface area (TPSA) is 58.6 Å². The summed E-state index contributed by atoms with van der Waals surface area (Å²) in [6.45, 7) is 1.62. The van der Waals surface area contributed by atoms with Gasteiger partial charge in [-0.25, -0.2) is 0 Å². The van der Waals surface area contributed by atoms with Crippen molar-refractivity contribution in [2.24, 2.45) is 0 Å². The minimum Gasteiger partial charge on any atom is -0.493 e. The molecule has 0 spiro atoms. The summed E-state index contributed by atoms with van der Waals surface area (Å²) >= 11 is 0. The van der Waals surface area contributed by atoms with Crippen molar-refractivity contribution in [3.8, 4) is 28.7 Å². The average Bonchev–Trinajstić information content (AvgIpc) is 3.38. The van der Waals surface area contributed by atoms with Crippen LogP contribution in [0.15, 0.2) is 18.2 Å². The van der Waals surface area contributed by atoms with Crippen LogP contribution >= 0.6 is 0 Å². The molecule has 7 heteroatoms. The zero-order valence-corrected chi connectivity index (χ0v) is 17.1. The molecule has 2 aromatic rings. The number of rotatable bonds is 4. The smallest absolute Gasteiger partial charge is 0.231 e. The SMILES string of the molecule is COc1ccc2c(c1OC)CO[C@@H]2[C@H]1c2c(cc3c(c2OC)OCO3)CCN1C. The fourth-order valence-electron chi connectivity index (χ4n) is 4.80. The zero-order valence-electron chi connectivity index (χ0n) is 17.1. The summed E-state index contributed by atoms with van der Waals surface area (Å²) in [6.07, 6.45) is 0.768. The molecule has 0 unspecified atom stereocenters. The van der Waals surface area contributed by atoms with Crippen LogP contribution in [0.3, 0.4) is 0 Å². The molecule has 0 amide bonds. The zero-order chi connectivity index (χ0) is 20.1. The van der Waals surface area contributed by atoms with Crippen LogP contribution in [-0.4, -0.2) is 46.6 Å². The number of ether oxygens (including phenoxy) is 6. The van der Waals surface area contributed by atoms with Crippen LogP contribution in [0.2, 0.25) is 0 Å². The van der Waals surface area contributed by atoms with E-state index < -0.39 is 0 Å². The van der Waals surface area contributed by atoms with Crippen LogP contribution < -0.4 is 23.7 Å². The molecule has 7 nitrogen and oxygen atoms in total. The quantitative estimate of drug-likeness (QED) is 0.782. The first-order valence-corrected chi connectivity index (χ1v) is 9.72. The van der Waals surface area contributed by atoms with Gasteiger partial charge in [0.25, 0.3) is 0 Å². The lowest BCUT2D eigenvalue weighted by atomic mass is 9.85. The van der Waals surface area contributed by atoms with Gasteiger partial charge in [-0.05, 0) is 36.7 Å². The second kappa shape index (κ2) is 7.00. The Kier molecular flexibility index (Phi) is 4.44. The molecule has 154 valence electrons. The first-order chi connectivity index (χ1) is 14.2. The fourth-order valence-corrected chi connectivity index (χ4v) is 4.80. The molecule has 0 N–H and O–H groups in total. The molecular formula is C22H25NO6. The molecule has 3 heterocycles. The molecule has 29 heavy (non-hydrogen) atoms. The number of hydrogen-bond acceptors (Lipinski definition) is 7. The maximum absolute atomic E-state index is 6.35. The molecule has 3 aliphatic rings. The average molecular weight is 399 g/mol. The van der Waals surface area contributed by atoms with E-state index >= 15 is 0 Å². The largest absolute Gasteiger partial charge is 0.493 e. The van der Waals surface area contributed by atoms with E-state index in [9.17, 15) is 0 Å². The Labute approximate surface area is 170 Å². The second-order valence-electron chi connectivity index (χ2n) is 7.49. The summed E-state index contributed by atoms with van der Waals surface area (Å²) in [7, 11) is 7.12. The van der Waals surface area contributed by atoms with E-state index in [1.807, 2.05) is 6.07 Å². The Morgan fingerprint density at radius 2 is 1.86 bits per heavy atom. The van der Waals surface area contributed by atoms with Gasteiger partial charge in [-0.1, -0.05) is 6.07 Å². The van der Waals surface area contributed by atoms with Crippen LogP contribution in [0.25, 0.3) is 0 Å². The molecule has 0 aromatic heterocycles. The Bertz CT molecular complexity index is 959. The Hall–Kier alpha value is -2.64. The third kappa shape index (κ3) is 2.64. The highest BCUT2D eigenvalue weighted by atomic mass is 16.7. The minimum atomic E-state index is -0.150. The van der Waals surface area contributed by atoms with Gasteiger partial charge >= 0.3 is 0 Å². The molecule has 0 saturated carbocycles. The monoisotopic (exact) mass is 399 g/mol. The number of benzene rings is 2. The third-order valence-corrected chi connectivity index (χ3v) is 6.14. The molecule has 2 aromatic carbocycles. The summed E-state index contributed by atoms with van der Waals surface area (Å²) in [4.78, 5) is 2.32. The van der Waals surface area contributed by atoms with Crippen molar-refractivity contribution in [2.75, 3.05) is 41.7 Å². The van der Waals surface area contributed by atoms with Crippen LogP contribution in [0.4, 0.5) is 0 Å².